The van der Waals surface area contributed by atoms with E-state index < -0.39 is 44.9 Å². The van der Waals surface area contributed by atoms with Crippen LogP contribution in [0, 0.1) is 26.2 Å². The van der Waals surface area contributed by atoms with E-state index in [4.69, 9.17) is 4.74 Å². The molecule has 4 aromatic rings. The summed E-state index contributed by atoms with van der Waals surface area (Å²) in [5.74, 6) is -3.23. The summed E-state index contributed by atoms with van der Waals surface area (Å²) in [5.41, 5.74) is 0.730. The monoisotopic (exact) mass is 644 g/mol. The molecular formula is C30H31F3N6O5S. The third-order valence-corrected chi connectivity index (χ3v) is 10.5. The van der Waals surface area contributed by atoms with Crippen molar-refractivity contribution in [1.29, 1.82) is 0 Å². The van der Waals surface area contributed by atoms with E-state index in [1.807, 2.05) is 0 Å². The number of aryl methyl sites for hydroxylation is 3. The maximum Gasteiger partial charge on any atom is 0.452 e. The molecule has 2 aliphatic rings. The molecular weight excluding hydrogens is 613 g/mol. The normalized spacial score (nSPS) is 18.3. The zero-order valence-corrected chi connectivity index (χ0v) is 26.0. The van der Waals surface area contributed by atoms with Crippen molar-refractivity contribution >= 4 is 21.6 Å². The van der Waals surface area contributed by atoms with Crippen LogP contribution in [-0.2, 0) is 27.5 Å². The van der Waals surface area contributed by atoms with Crippen LogP contribution < -0.4 is 4.74 Å². The first-order valence-electron chi connectivity index (χ1n) is 14.2. The standard InChI is InChI=1S/C30H31F3N6O5S/c1-16-10-22-25(35-12-16)44-29(7-8-29)15-38(45(22,42)43)14-19-11-21(34-13-17(19)2)23(28(4,5)27(40)41)20-6-9-39-24(18(20)3)36-37-26(39)30(31,32)33/h6,9-13,23H,7-8,14-15H2,1-5H3,(H,40,41)/t23-/m1/s1. The van der Waals surface area contributed by atoms with Gasteiger partial charge < -0.3 is 9.84 Å². The third kappa shape index (κ3) is 5.21. The number of hydrogen-bond donors (Lipinski definition) is 1. The first-order chi connectivity index (χ1) is 20.9. The number of sulfonamides is 1. The molecule has 0 saturated heterocycles. The molecule has 11 nitrogen and oxygen atoms in total. The van der Waals surface area contributed by atoms with Gasteiger partial charge in [-0.1, -0.05) is 0 Å². The molecule has 1 atom stereocenters. The minimum atomic E-state index is -4.74. The van der Waals surface area contributed by atoms with Gasteiger partial charge in [-0.2, -0.15) is 17.5 Å². The van der Waals surface area contributed by atoms with Crippen LogP contribution in [0.1, 0.15) is 71.9 Å². The molecule has 0 aromatic carbocycles. The fourth-order valence-electron chi connectivity index (χ4n) is 5.86. The van der Waals surface area contributed by atoms with Crippen molar-refractivity contribution in [1.82, 2.24) is 28.9 Å². The van der Waals surface area contributed by atoms with Gasteiger partial charge in [0.2, 0.25) is 21.7 Å². The van der Waals surface area contributed by atoms with Crippen molar-refractivity contribution in [3.8, 4) is 5.88 Å². The van der Waals surface area contributed by atoms with Gasteiger partial charge in [-0.25, -0.2) is 13.4 Å². The minimum absolute atomic E-state index is 0.0152. The second kappa shape index (κ2) is 10.2. The number of fused-ring (bicyclic) bond motifs is 2. The summed E-state index contributed by atoms with van der Waals surface area (Å²) in [6, 6.07) is 4.64. The van der Waals surface area contributed by atoms with Gasteiger partial charge in [-0.05, 0) is 93.5 Å². The SMILES string of the molecule is Cc1cnc2c(c1)S(=O)(=O)N(Cc1cc([C@@H](c3ccn4c(C(F)(F)F)nnc4c3C)C(C)(C)C(=O)O)ncc1C)CC1(CC1)O2. The Morgan fingerprint density at radius 1 is 1.11 bits per heavy atom. The van der Waals surface area contributed by atoms with Gasteiger partial charge in [0.25, 0.3) is 0 Å². The fraction of sp³-hybridized carbons (Fsp3) is 0.433. The van der Waals surface area contributed by atoms with Gasteiger partial charge in [0, 0.05) is 36.7 Å². The average Bonchev–Trinajstić information content (AvgIpc) is 3.56. The summed E-state index contributed by atoms with van der Waals surface area (Å²) in [7, 11) is -4.03. The number of pyridine rings is 3. The number of carbonyl (C=O) groups is 1. The molecule has 4 aromatic heterocycles. The van der Waals surface area contributed by atoms with Crippen LogP contribution in [0.3, 0.4) is 0 Å². The van der Waals surface area contributed by atoms with E-state index >= 15 is 0 Å². The zero-order valence-electron chi connectivity index (χ0n) is 25.2. The maximum atomic E-state index is 14.0. The van der Waals surface area contributed by atoms with E-state index in [1.165, 1.54) is 36.5 Å². The summed E-state index contributed by atoms with van der Waals surface area (Å²) in [6.07, 6.45) is 0.885. The molecule has 0 radical (unpaired) electrons. The predicted molar refractivity (Wildman–Crippen MR) is 154 cm³/mol. The molecule has 1 spiro atoms. The molecule has 1 saturated carbocycles. The lowest BCUT2D eigenvalue weighted by Gasteiger charge is -2.32. The van der Waals surface area contributed by atoms with E-state index in [-0.39, 0.29) is 29.5 Å². The number of aliphatic carboxylic acids is 1. The lowest BCUT2D eigenvalue weighted by Crippen LogP contribution is -2.38. The Morgan fingerprint density at radius 3 is 2.47 bits per heavy atom. The average molecular weight is 645 g/mol. The van der Waals surface area contributed by atoms with Crippen molar-refractivity contribution in [2.24, 2.45) is 5.41 Å². The van der Waals surface area contributed by atoms with Crippen molar-refractivity contribution in [3.63, 3.8) is 0 Å². The van der Waals surface area contributed by atoms with Gasteiger partial charge in [0.05, 0.1) is 12.0 Å². The van der Waals surface area contributed by atoms with Crippen LogP contribution in [0.4, 0.5) is 13.2 Å². The Morgan fingerprint density at radius 2 is 1.82 bits per heavy atom. The Hall–Kier alpha value is -4.11. The topological polar surface area (TPSA) is 140 Å². The van der Waals surface area contributed by atoms with Crippen LogP contribution in [0.2, 0.25) is 0 Å². The summed E-state index contributed by atoms with van der Waals surface area (Å²) < 4.78 is 76.8. The van der Waals surface area contributed by atoms with E-state index in [9.17, 15) is 31.5 Å². The highest BCUT2D eigenvalue weighted by Crippen LogP contribution is 2.47. The highest BCUT2D eigenvalue weighted by atomic mass is 32.2. The van der Waals surface area contributed by atoms with Crippen molar-refractivity contribution in [3.05, 3.63) is 76.1 Å². The van der Waals surface area contributed by atoms with E-state index in [2.05, 4.69) is 20.2 Å². The Labute approximate surface area is 257 Å². The van der Waals surface area contributed by atoms with Gasteiger partial charge >= 0.3 is 12.1 Å². The molecule has 1 fully saturated rings. The molecule has 1 aliphatic carbocycles. The highest BCUT2D eigenvalue weighted by Gasteiger charge is 2.52. The number of carboxylic acids is 1. The predicted octanol–water partition coefficient (Wildman–Crippen LogP) is 4.82. The summed E-state index contributed by atoms with van der Waals surface area (Å²) in [4.78, 5) is 21.4. The quantitative estimate of drug-likeness (QED) is 0.313. The van der Waals surface area contributed by atoms with Crippen molar-refractivity contribution in [2.45, 2.75) is 76.6 Å². The molecule has 0 unspecified atom stereocenters. The van der Waals surface area contributed by atoms with Gasteiger partial charge in [0.15, 0.2) is 5.65 Å². The molecule has 238 valence electrons. The Bertz CT molecular complexity index is 1970. The highest BCUT2D eigenvalue weighted by molar-refractivity contribution is 7.89. The Balaban J connectivity index is 1.46. The summed E-state index contributed by atoms with van der Waals surface area (Å²) >= 11 is 0. The zero-order chi connectivity index (χ0) is 32.7. The number of carboxylic acid groups (broad SMARTS) is 1. The number of nitrogens with zero attached hydrogens (tertiary/aromatic N) is 6. The number of halogens is 3. The Kier molecular flexibility index (Phi) is 7.01. The van der Waals surface area contributed by atoms with E-state index in [1.54, 1.807) is 39.2 Å². The van der Waals surface area contributed by atoms with Crippen LogP contribution in [-0.4, -0.2) is 60.5 Å². The molecule has 5 heterocycles. The van der Waals surface area contributed by atoms with E-state index in [0.29, 0.717) is 46.4 Å². The molecule has 0 amide bonds. The summed E-state index contributed by atoms with van der Waals surface area (Å²) in [6.45, 7) is 8.17. The van der Waals surface area contributed by atoms with Crippen LogP contribution >= 0.6 is 0 Å². The maximum absolute atomic E-state index is 14.0. The smallest absolute Gasteiger partial charge is 0.452 e. The molecule has 45 heavy (non-hydrogen) atoms. The van der Waals surface area contributed by atoms with Gasteiger partial charge in [-0.15, -0.1) is 10.2 Å². The molecule has 1 aliphatic heterocycles. The first kappa shape index (κ1) is 30.9. The van der Waals surface area contributed by atoms with Crippen LogP contribution in [0.15, 0.2) is 41.7 Å². The fourth-order valence-corrected chi connectivity index (χ4v) is 7.50. The van der Waals surface area contributed by atoms with Gasteiger partial charge in [-0.3, -0.25) is 14.2 Å². The molecule has 6 rings (SSSR count). The molecule has 0 bridgehead atoms. The minimum Gasteiger partial charge on any atom is -0.481 e. The van der Waals surface area contributed by atoms with Crippen LogP contribution in [0.25, 0.3) is 5.65 Å². The largest absolute Gasteiger partial charge is 0.481 e. The number of ether oxygens (including phenoxy) is 1. The van der Waals surface area contributed by atoms with Crippen LogP contribution in [0.5, 0.6) is 5.88 Å². The van der Waals surface area contributed by atoms with Gasteiger partial charge in [0.1, 0.15) is 10.5 Å². The first-order valence-corrected chi connectivity index (χ1v) is 15.6. The van der Waals surface area contributed by atoms with Crippen molar-refractivity contribution in [2.75, 3.05) is 6.54 Å². The number of rotatable bonds is 6. The second-order valence-electron chi connectivity index (χ2n) is 12.5. The lowest BCUT2D eigenvalue weighted by molar-refractivity contribution is -0.147. The number of aromatic nitrogens is 5. The second-order valence-corrected chi connectivity index (χ2v) is 14.4. The number of alkyl halides is 3. The summed E-state index contributed by atoms with van der Waals surface area (Å²) in [5, 5.41) is 17.4. The lowest BCUT2D eigenvalue weighted by atomic mass is 9.71. The molecule has 15 heteroatoms. The van der Waals surface area contributed by atoms with E-state index in [0.717, 1.165) is 4.40 Å². The third-order valence-electron chi connectivity index (χ3n) is 8.74. The number of hydrogen-bond acceptors (Lipinski definition) is 8. The molecule has 1 N–H and O–H groups in total. The van der Waals surface area contributed by atoms with Crippen molar-refractivity contribution < 1.29 is 36.2 Å².